The summed E-state index contributed by atoms with van der Waals surface area (Å²) in [5.74, 6) is 0.302. The minimum Gasteiger partial charge on any atom is -0.377 e. The third-order valence-electron chi connectivity index (χ3n) is 3.30. The molecule has 1 aliphatic rings. The molecule has 7 nitrogen and oxygen atoms in total. The molecule has 0 spiro atoms. The minimum atomic E-state index is -0.227. The first-order valence-corrected chi connectivity index (χ1v) is 6.57. The monoisotopic (exact) mass is 278 g/mol. The number of ether oxygens (including phenoxy) is 1. The number of amides is 1. The summed E-state index contributed by atoms with van der Waals surface area (Å²) in [5, 5.41) is 15.3. The van der Waals surface area contributed by atoms with Gasteiger partial charge >= 0.3 is 0 Å². The van der Waals surface area contributed by atoms with Gasteiger partial charge in [-0.3, -0.25) is 9.69 Å². The van der Waals surface area contributed by atoms with Gasteiger partial charge in [-0.05, 0) is 12.8 Å². The Morgan fingerprint density at radius 3 is 3.05 bits per heavy atom. The molecule has 0 aliphatic carbocycles. The Morgan fingerprint density at radius 1 is 1.65 bits per heavy atom. The number of hydrogen-bond acceptors (Lipinski definition) is 6. The quantitative estimate of drug-likeness (QED) is 0.790. The van der Waals surface area contributed by atoms with Crippen molar-refractivity contribution >= 4 is 5.91 Å². The Balaban J connectivity index is 1.81. The topological polar surface area (TPSA) is 91.4 Å². The fourth-order valence-electron chi connectivity index (χ4n) is 2.23. The molecule has 0 atom stereocenters. The molecule has 0 saturated carbocycles. The molecule has 1 aromatic rings. The third kappa shape index (κ3) is 3.79. The van der Waals surface area contributed by atoms with E-state index in [4.69, 9.17) is 14.5 Å². The second-order valence-corrected chi connectivity index (χ2v) is 4.79. The number of methoxy groups -OCH3 is 1. The molecule has 7 heteroatoms. The van der Waals surface area contributed by atoms with Gasteiger partial charge in [-0.2, -0.15) is 5.26 Å². The van der Waals surface area contributed by atoms with E-state index in [0.717, 1.165) is 25.9 Å². The molecule has 1 aromatic heterocycles. The van der Waals surface area contributed by atoms with Crippen LogP contribution in [-0.4, -0.2) is 48.7 Å². The Hall–Kier alpha value is -1.91. The Bertz CT molecular complexity index is 486. The number of carbonyl (C=O) groups is 1. The maximum Gasteiger partial charge on any atom is 0.273 e. The summed E-state index contributed by atoms with van der Waals surface area (Å²) < 4.78 is 9.89. The van der Waals surface area contributed by atoms with Gasteiger partial charge in [-0.1, -0.05) is 5.16 Å². The SMILES string of the molecule is COCc1cc(C(=O)NC2CCN(CC#N)CC2)no1. The van der Waals surface area contributed by atoms with Crippen molar-refractivity contribution in [3.05, 3.63) is 17.5 Å². The molecule has 1 aliphatic heterocycles. The summed E-state index contributed by atoms with van der Waals surface area (Å²) in [6.07, 6.45) is 1.69. The van der Waals surface area contributed by atoms with Crippen LogP contribution in [0.4, 0.5) is 0 Å². The number of piperidine rings is 1. The van der Waals surface area contributed by atoms with Crippen molar-refractivity contribution in [3.8, 4) is 6.07 Å². The third-order valence-corrected chi connectivity index (χ3v) is 3.30. The number of nitriles is 1. The van der Waals surface area contributed by atoms with Crippen LogP contribution in [0.2, 0.25) is 0 Å². The zero-order valence-corrected chi connectivity index (χ0v) is 11.5. The molecule has 1 N–H and O–H groups in total. The zero-order chi connectivity index (χ0) is 14.4. The van der Waals surface area contributed by atoms with Gasteiger partial charge in [0.25, 0.3) is 5.91 Å². The first-order valence-electron chi connectivity index (χ1n) is 6.57. The predicted molar refractivity (Wildman–Crippen MR) is 69.8 cm³/mol. The van der Waals surface area contributed by atoms with E-state index in [1.54, 1.807) is 13.2 Å². The first kappa shape index (κ1) is 14.5. The summed E-state index contributed by atoms with van der Waals surface area (Å²) >= 11 is 0. The average Bonchev–Trinajstić information content (AvgIpc) is 2.90. The van der Waals surface area contributed by atoms with Gasteiger partial charge < -0.3 is 14.6 Å². The molecule has 0 unspecified atom stereocenters. The molecule has 2 rings (SSSR count). The number of nitrogens with one attached hydrogen (secondary N) is 1. The Labute approximate surface area is 117 Å². The van der Waals surface area contributed by atoms with Crippen LogP contribution < -0.4 is 5.32 Å². The largest absolute Gasteiger partial charge is 0.377 e. The van der Waals surface area contributed by atoms with Crippen molar-refractivity contribution in [3.63, 3.8) is 0 Å². The summed E-state index contributed by atoms with van der Waals surface area (Å²) in [7, 11) is 1.55. The maximum absolute atomic E-state index is 12.0. The van der Waals surface area contributed by atoms with Crippen molar-refractivity contribution in [1.82, 2.24) is 15.4 Å². The Morgan fingerprint density at radius 2 is 2.40 bits per heavy atom. The van der Waals surface area contributed by atoms with E-state index in [0.29, 0.717) is 18.9 Å². The highest BCUT2D eigenvalue weighted by Crippen LogP contribution is 2.11. The molecule has 0 aromatic carbocycles. The summed E-state index contributed by atoms with van der Waals surface area (Å²) in [6.45, 7) is 2.40. The molecule has 0 bridgehead atoms. The van der Waals surface area contributed by atoms with E-state index in [1.165, 1.54) is 0 Å². The second-order valence-electron chi connectivity index (χ2n) is 4.79. The fourth-order valence-corrected chi connectivity index (χ4v) is 2.23. The molecule has 20 heavy (non-hydrogen) atoms. The van der Waals surface area contributed by atoms with Crippen LogP contribution in [0.25, 0.3) is 0 Å². The van der Waals surface area contributed by atoms with Crippen molar-refractivity contribution in [2.45, 2.75) is 25.5 Å². The smallest absolute Gasteiger partial charge is 0.273 e. The van der Waals surface area contributed by atoms with Gasteiger partial charge in [0.05, 0.1) is 12.6 Å². The van der Waals surface area contributed by atoms with Gasteiger partial charge in [0, 0.05) is 32.3 Å². The van der Waals surface area contributed by atoms with Crippen molar-refractivity contribution in [2.75, 3.05) is 26.7 Å². The van der Waals surface area contributed by atoms with Gasteiger partial charge in [0.2, 0.25) is 0 Å². The molecule has 2 heterocycles. The number of hydrogen-bond donors (Lipinski definition) is 1. The molecule has 1 saturated heterocycles. The van der Waals surface area contributed by atoms with E-state index in [-0.39, 0.29) is 17.6 Å². The van der Waals surface area contributed by atoms with E-state index in [9.17, 15) is 4.79 Å². The van der Waals surface area contributed by atoms with E-state index >= 15 is 0 Å². The number of rotatable bonds is 5. The first-order chi connectivity index (χ1) is 9.72. The van der Waals surface area contributed by atoms with Crippen molar-refractivity contribution in [1.29, 1.82) is 5.26 Å². The van der Waals surface area contributed by atoms with Gasteiger partial charge in [0.15, 0.2) is 11.5 Å². The second kappa shape index (κ2) is 7.03. The highest BCUT2D eigenvalue weighted by atomic mass is 16.5. The van der Waals surface area contributed by atoms with Crippen molar-refractivity contribution in [2.24, 2.45) is 0 Å². The highest BCUT2D eigenvalue weighted by Gasteiger charge is 2.22. The summed E-state index contributed by atoms with van der Waals surface area (Å²) in [4.78, 5) is 14.1. The molecule has 108 valence electrons. The molecule has 1 amide bonds. The van der Waals surface area contributed by atoms with Gasteiger partial charge in [-0.25, -0.2) is 0 Å². The molecular formula is C13H18N4O3. The Kier molecular flexibility index (Phi) is 5.09. The maximum atomic E-state index is 12.0. The average molecular weight is 278 g/mol. The van der Waals surface area contributed by atoms with Crippen molar-refractivity contribution < 1.29 is 14.1 Å². The number of aromatic nitrogens is 1. The normalized spacial score (nSPS) is 16.8. The number of carbonyl (C=O) groups excluding carboxylic acids is 1. The van der Waals surface area contributed by atoms with E-state index < -0.39 is 0 Å². The fraction of sp³-hybridized carbons (Fsp3) is 0.615. The van der Waals surface area contributed by atoms with Crippen LogP contribution in [-0.2, 0) is 11.3 Å². The lowest BCUT2D eigenvalue weighted by Gasteiger charge is -2.30. The van der Waals surface area contributed by atoms with Crippen LogP contribution in [0, 0.1) is 11.3 Å². The lowest BCUT2D eigenvalue weighted by Crippen LogP contribution is -2.44. The van der Waals surface area contributed by atoms with E-state index in [2.05, 4.69) is 21.4 Å². The lowest BCUT2D eigenvalue weighted by atomic mass is 10.0. The zero-order valence-electron chi connectivity index (χ0n) is 11.5. The molecular weight excluding hydrogens is 260 g/mol. The van der Waals surface area contributed by atoms with Crippen LogP contribution in [0.5, 0.6) is 0 Å². The standard InChI is InChI=1S/C13H18N4O3/c1-19-9-11-8-12(16-20-11)13(18)15-10-2-5-17(6-3-10)7-4-14/h8,10H,2-3,5-7,9H2,1H3,(H,15,18). The molecule has 0 radical (unpaired) electrons. The van der Waals surface area contributed by atoms with Crippen LogP contribution >= 0.6 is 0 Å². The predicted octanol–water partition coefficient (Wildman–Crippen LogP) is 0.539. The van der Waals surface area contributed by atoms with Crippen LogP contribution in [0.3, 0.4) is 0 Å². The number of likely N-dealkylation sites (tertiary alicyclic amines) is 1. The van der Waals surface area contributed by atoms with Crippen LogP contribution in [0.15, 0.2) is 10.6 Å². The number of nitrogens with zero attached hydrogens (tertiary/aromatic N) is 3. The van der Waals surface area contributed by atoms with Gasteiger partial charge in [0.1, 0.15) is 6.61 Å². The highest BCUT2D eigenvalue weighted by molar-refractivity contribution is 5.92. The summed E-state index contributed by atoms with van der Waals surface area (Å²) in [6, 6.07) is 3.85. The molecule has 1 fully saturated rings. The van der Waals surface area contributed by atoms with E-state index in [1.807, 2.05) is 0 Å². The van der Waals surface area contributed by atoms with Crippen LogP contribution in [0.1, 0.15) is 29.1 Å². The van der Waals surface area contributed by atoms with Gasteiger partial charge in [-0.15, -0.1) is 0 Å². The minimum absolute atomic E-state index is 0.125. The lowest BCUT2D eigenvalue weighted by molar-refractivity contribution is 0.0904. The summed E-state index contributed by atoms with van der Waals surface area (Å²) in [5.41, 5.74) is 0.275.